The van der Waals surface area contributed by atoms with Crippen molar-refractivity contribution in [1.82, 2.24) is 10.6 Å². The lowest BCUT2D eigenvalue weighted by Crippen LogP contribution is -2.43. The fraction of sp³-hybridized carbons (Fsp3) is 0.207. The molecular weight excluding hydrogens is 408 g/mol. The summed E-state index contributed by atoms with van der Waals surface area (Å²) in [5, 5.41) is 5.73. The molecule has 0 saturated heterocycles. The van der Waals surface area contributed by atoms with E-state index in [0.29, 0.717) is 17.9 Å². The lowest BCUT2D eigenvalue weighted by atomic mass is 9.92. The Morgan fingerprint density at radius 2 is 1.48 bits per heavy atom. The first-order chi connectivity index (χ1) is 16.1. The molecule has 184 valence electrons. The first-order valence-electron chi connectivity index (χ1n) is 10.0. The number of hydrogen-bond acceptors (Lipinski definition) is 2. The van der Waals surface area contributed by atoms with Gasteiger partial charge in [-0.25, -0.2) is 4.79 Å². The van der Waals surface area contributed by atoms with E-state index < -0.39 is 0 Å². The maximum atomic E-state index is 12.1. The van der Waals surface area contributed by atoms with Crippen molar-refractivity contribution in [3.63, 3.8) is 0 Å². The second-order valence-corrected chi connectivity index (χ2v) is 6.36. The lowest BCUT2D eigenvalue weighted by Gasteiger charge is -2.29. The molecule has 4 nitrogen and oxygen atoms in total. The summed E-state index contributed by atoms with van der Waals surface area (Å²) in [6.07, 6.45) is 0. The Bertz CT molecular complexity index is 1450. The van der Waals surface area contributed by atoms with E-state index in [1.54, 1.807) is 6.92 Å². The predicted octanol–water partition coefficient (Wildman–Crippen LogP) is 6.32. The van der Waals surface area contributed by atoms with Gasteiger partial charge in [0.05, 0.1) is 12.6 Å². The molecule has 1 aliphatic heterocycles. The Labute approximate surface area is 215 Å². The van der Waals surface area contributed by atoms with Crippen molar-refractivity contribution in [3.8, 4) is 88.6 Å². The third-order valence-corrected chi connectivity index (χ3v) is 4.27. The molecule has 2 N–H and O–H groups in total. The van der Waals surface area contributed by atoms with Crippen molar-refractivity contribution >= 4 is 6.03 Å². The minimum atomic E-state index is -0.353. The highest BCUT2D eigenvalue weighted by Gasteiger charge is 2.28. The van der Waals surface area contributed by atoms with Gasteiger partial charge in [0, 0.05) is 35.4 Å². The van der Waals surface area contributed by atoms with Gasteiger partial charge in [0.15, 0.2) is 0 Å². The average Bonchev–Trinajstić information content (AvgIpc) is 2.80. The number of nitrogens with one attached hydrogen (secondary N) is 2. The summed E-state index contributed by atoms with van der Waals surface area (Å²) in [7, 11) is 0. The molecule has 1 aliphatic rings. The highest BCUT2D eigenvalue weighted by molar-refractivity contribution is 5.79. The van der Waals surface area contributed by atoms with E-state index in [1.165, 1.54) is 0 Å². The van der Waals surface area contributed by atoms with Crippen LogP contribution in [-0.4, -0.2) is 12.6 Å². The maximum absolute atomic E-state index is 12.1. The molecule has 1 aromatic carbocycles. The number of allylic oxidation sites excluding steroid dienone is 1. The number of hydrogen-bond donors (Lipinski definition) is 2. The Morgan fingerprint density at radius 3 is 2.06 bits per heavy atom. The third-order valence-electron chi connectivity index (χ3n) is 4.27. The Balaban J connectivity index is -0.0000000889. The average molecular weight is 455 g/mol. The summed E-state index contributed by atoms with van der Waals surface area (Å²) >= 11 is 0. The normalized spacial score (nSPS) is 12.6. The number of carbonyl (C=O) groups excluding carboxylic acids is 1. The smallest absolute Gasteiger partial charge is 0.319 e. The molecule has 4 heteroatoms. The number of urea groups is 1. The Kier molecular flexibility index (Phi) is 9.76. The zero-order valence-corrected chi connectivity index (χ0v) is 18.8. The monoisotopic (exact) mass is 454 g/mol. The molecule has 2 rings (SSSR count). The molecule has 1 unspecified atom stereocenters. The topological polar surface area (TPSA) is 50.4 Å². The fourth-order valence-electron chi connectivity index (χ4n) is 2.76. The summed E-state index contributed by atoms with van der Waals surface area (Å²) in [6.45, 7) is 7.92. The van der Waals surface area contributed by atoms with Crippen LogP contribution >= 0.6 is 0 Å². The van der Waals surface area contributed by atoms with Crippen LogP contribution in [0, 0.1) is 82.9 Å². The summed E-state index contributed by atoms with van der Waals surface area (Å²) in [5.41, 5.74) is 3.29. The first kappa shape index (κ1) is 24.2. The summed E-state index contributed by atoms with van der Waals surface area (Å²) in [6, 6.07) is 4.97. The summed E-state index contributed by atoms with van der Waals surface area (Å²) in [4.78, 5) is 12.1. The van der Waals surface area contributed by atoms with Gasteiger partial charge in [0.1, 0.15) is 5.75 Å². The van der Waals surface area contributed by atoms with Crippen LogP contribution in [-0.2, 0) is 0 Å². The largest absolute Gasteiger partial charge is 0.493 e. The third kappa shape index (κ3) is 7.61. The van der Waals surface area contributed by atoms with Crippen molar-refractivity contribution in [2.75, 3.05) is 6.61 Å². The Morgan fingerprint density at radius 1 is 0.909 bits per heavy atom. The van der Waals surface area contributed by atoms with Crippen molar-refractivity contribution in [1.29, 1.82) is 0 Å². The molecule has 2 amide bonds. The van der Waals surface area contributed by atoms with Gasteiger partial charge in [-0.15, -0.1) is 0 Å². The van der Waals surface area contributed by atoms with Crippen molar-refractivity contribution in [2.24, 2.45) is 0 Å². The molecule has 0 saturated carbocycles. The number of amides is 2. The quantitative estimate of drug-likeness (QED) is 0.525. The molecule has 0 spiro atoms. The molecule has 0 aliphatic carbocycles. The van der Waals surface area contributed by atoms with Gasteiger partial charge in [0.2, 0.25) is 0 Å². The van der Waals surface area contributed by atoms with Crippen LogP contribution in [0.15, 0.2) is 29.5 Å². The number of carbonyl (C=O) groups is 1. The molecule has 0 fully saturated rings. The van der Waals surface area contributed by atoms with Crippen LogP contribution in [0.25, 0.3) is 0 Å². The van der Waals surface area contributed by atoms with Gasteiger partial charge in [0.25, 0.3) is 0 Å². The van der Waals surface area contributed by atoms with Gasteiger partial charge in [-0.3, -0.25) is 0 Å². The fourth-order valence-corrected chi connectivity index (χ4v) is 2.76. The molecule has 0 radical (unpaired) electrons. The molecule has 1 atom stereocenters. The van der Waals surface area contributed by atoms with E-state index in [2.05, 4.69) is 93.5 Å². The van der Waals surface area contributed by atoms with E-state index in [-0.39, 0.29) is 30.6 Å². The van der Waals surface area contributed by atoms with Crippen molar-refractivity contribution in [2.45, 2.75) is 33.7 Å². The molecule has 1 heterocycles. The van der Waals surface area contributed by atoms with E-state index >= 15 is 0 Å². The second kappa shape index (κ2) is 13.3. The Hall–Kier alpha value is -5.05. The van der Waals surface area contributed by atoms with Gasteiger partial charge in [-0.2, -0.15) is 0 Å². The van der Waals surface area contributed by atoms with Crippen LogP contribution in [0.2, 0.25) is 0 Å². The van der Waals surface area contributed by atoms with Crippen molar-refractivity contribution in [3.05, 3.63) is 40.6 Å². The highest BCUT2D eigenvalue weighted by atomic mass is 16.5. The van der Waals surface area contributed by atoms with E-state index in [4.69, 9.17) is 4.74 Å². The standard InChI is InChI=1S/C29H20N2O2.13H2/c1-5-7-8-9-10-11-12-13-14-15-16-17-18-20-25-21-19-22-26(33-6-2)27(25)28-23(3)24(4)30-29(32)31-28;;;;;;;;;;;;;/h19,21-22,28H,6H2,1-4H3,(H2,30,31,32);13*1H. The van der Waals surface area contributed by atoms with Crippen LogP contribution in [0.1, 0.15) is 63.4 Å². The predicted molar refractivity (Wildman–Crippen MR) is 157 cm³/mol. The van der Waals surface area contributed by atoms with E-state index in [9.17, 15) is 4.79 Å². The van der Waals surface area contributed by atoms with Crippen LogP contribution in [0.4, 0.5) is 4.79 Å². The minimum Gasteiger partial charge on any atom is -0.493 e. The number of benzene rings is 1. The van der Waals surface area contributed by atoms with Crippen molar-refractivity contribution < 1.29 is 28.1 Å². The minimum absolute atomic E-state index is 0. The van der Waals surface area contributed by atoms with Gasteiger partial charge >= 0.3 is 6.03 Å². The summed E-state index contributed by atoms with van der Waals surface area (Å²) < 4.78 is 5.81. The van der Waals surface area contributed by atoms with E-state index in [0.717, 1.165) is 16.8 Å². The molecule has 0 bridgehead atoms. The summed E-state index contributed by atoms with van der Waals surface area (Å²) in [5.74, 6) is 37.6. The lowest BCUT2D eigenvalue weighted by molar-refractivity contribution is 0.238. The van der Waals surface area contributed by atoms with Gasteiger partial charge < -0.3 is 15.4 Å². The first-order valence-corrected chi connectivity index (χ1v) is 10.0. The maximum Gasteiger partial charge on any atom is 0.319 e. The molecule has 33 heavy (non-hydrogen) atoms. The second-order valence-electron chi connectivity index (χ2n) is 6.36. The molecular formula is C29H46N2O2. The SMILES string of the molecule is CC#CC#CC#CC#CC#CC#CC#Cc1cccc(OCC)c1C1NC(=O)NC(C)=C1C.[HH].[HH].[HH].[HH].[HH].[HH].[HH].[HH].[HH].[HH].[HH].[HH].[HH]. The van der Waals surface area contributed by atoms with Crippen LogP contribution < -0.4 is 15.4 Å². The highest BCUT2D eigenvalue weighted by Crippen LogP contribution is 2.35. The van der Waals surface area contributed by atoms with Crippen LogP contribution in [0.5, 0.6) is 5.75 Å². The number of rotatable bonds is 3. The van der Waals surface area contributed by atoms with Gasteiger partial charge in [-0.05, 0) is 116 Å². The van der Waals surface area contributed by atoms with Gasteiger partial charge in [-0.1, -0.05) is 17.9 Å². The number of ether oxygens (including phenoxy) is 1. The zero-order chi connectivity index (χ0) is 23.9. The van der Waals surface area contributed by atoms with E-state index in [1.807, 2.05) is 39.0 Å². The van der Waals surface area contributed by atoms with Crippen LogP contribution in [0.3, 0.4) is 0 Å². The molecule has 1 aromatic rings. The molecule has 0 aromatic heterocycles. The zero-order valence-electron chi connectivity index (χ0n) is 18.8.